The zero-order valence-electron chi connectivity index (χ0n) is 33.8. The van der Waals surface area contributed by atoms with Crippen molar-refractivity contribution in [2.75, 3.05) is 7.11 Å². The van der Waals surface area contributed by atoms with E-state index in [2.05, 4.69) is 156 Å². The Balaban J connectivity index is 0.863. The van der Waals surface area contributed by atoms with E-state index in [0.717, 1.165) is 122 Å². The molecule has 0 unspecified atom stereocenters. The monoisotopic (exact) mass is 786 g/mol. The van der Waals surface area contributed by atoms with Crippen molar-refractivity contribution in [3.63, 3.8) is 0 Å². The number of ether oxygens (including phenoxy) is 1. The van der Waals surface area contributed by atoms with Crippen molar-refractivity contribution in [2.24, 2.45) is 0 Å². The lowest BCUT2D eigenvalue weighted by atomic mass is 9.95. The minimum absolute atomic E-state index is 0.824. The molecule has 7 heteroatoms. The van der Waals surface area contributed by atoms with Crippen LogP contribution in [0.1, 0.15) is 11.1 Å². The van der Waals surface area contributed by atoms with Gasteiger partial charge in [0.05, 0.1) is 40.7 Å². The van der Waals surface area contributed by atoms with E-state index in [1.54, 1.807) is 7.11 Å². The summed E-state index contributed by atoms with van der Waals surface area (Å²) in [5.41, 5.74) is 19.1. The van der Waals surface area contributed by atoms with E-state index < -0.39 is 0 Å². The molecular formula is C54H38N6O. The van der Waals surface area contributed by atoms with Gasteiger partial charge >= 0.3 is 0 Å². The van der Waals surface area contributed by atoms with Crippen LogP contribution in [0.4, 0.5) is 0 Å². The normalized spacial score (nSPS) is 11.9. The molecule has 0 aliphatic carbocycles. The molecule has 0 bridgehead atoms. The molecule has 6 aromatic heterocycles. The highest BCUT2D eigenvalue weighted by molar-refractivity contribution is 6.03. The van der Waals surface area contributed by atoms with E-state index in [9.17, 15) is 0 Å². The average Bonchev–Trinajstić information content (AvgIpc) is 4.05. The molecule has 3 N–H and O–H groups in total. The molecule has 0 aliphatic rings. The first kappa shape index (κ1) is 35.0. The van der Waals surface area contributed by atoms with Gasteiger partial charge in [-0.3, -0.25) is 0 Å². The molecule has 12 aromatic rings. The molecule has 0 spiro atoms. The number of aromatic amines is 3. The van der Waals surface area contributed by atoms with Gasteiger partial charge in [0, 0.05) is 90.2 Å². The number of methoxy groups -OCH3 is 1. The van der Waals surface area contributed by atoms with E-state index in [-0.39, 0.29) is 0 Å². The number of pyridine rings is 3. The van der Waals surface area contributed by atoms with Crippen molar-refractivity contribution in [3.8, 4) is 61.8 Å². The van der Waals surface area contributed by atoms with Crippen LogP contribution < -0.4 is 4.74 Å². The lowest BCUT2D eigenvalue weighted by Gasteiger charge is -2.11. The van der Waals surface area contributed by atoms with Crippen molar-refractivity contribution in [1.82, 2.24) is 29.9 Å². The van der Waals surface area contributed by atoms with Gasteiger partial charge in [0.2, 0.25) is 0 Å². The van der Waals surface area contributed by atoms with Crippen molar-refractivity contribution in [1.29, 1.82) is 0 Å². The summed E-state index contributed by atoms with van der Waals surface area (Å²) in [4.78, 5) is 25.9. The Morgan fingerprint density at radius 1 is 0.426 bits per heavy atom. The highest BCUT2D eigenvalue weighted by atomic mass is 16.5. The minimum Gasteiger partial charge on any atom is -0.497 e. The van der Waals surface area contributed by atoms with E-state index >= 15 is 0 Å². The molecule has 0 amide bonds. The lowest BCUT2D eigenvalue weighted by Crippen LogP contribution is -1.91. The number of hydrogen-bond donors (Lipinski definition) is 3. The molecule has 0 fully saturated rings. The number of nitrogens with one attached hydrogen (secondary N) is 3. The number of H-pyrrole nitrogens is 3. The standard InChI is InChI=1S/C54H38N6O/c1-30-22-52(44-28-56-51-26-37(61-3)14-17-41(44)51)60-53-25-36(11-15-38(30)53)39-18-19-42-45(29-57-54(42)31(39)2)48-21-13-33-8-9-34(23-49(33)59-48)35-10-16-40-43(27-55-50(40)24-35)47-20-12-32-6-4-5-7-46(32)58-47/h4-29,55-57H,1-3H3. The van der Waals surface area contributed by atoms with Crippen molar-refractivity contribution < 1.29 is 4.74 Å². The Morgan fingerprint density at radius 2 is 1.02 bits per heavy atom. The second kappa shape index (κ2) is 13.5. The number of aromatic nitrogens is 6. The van der Waals surface area contributed by atoms with Crippen LogP contribution in [0.5, 0.6) is 5.75 Å². The maximum absolute atomic E-state index is 5.45. The summed E-state index contributed by atoms with van der Waals surface area (Å²) >= 11 is 0. The largest absolute Gasteiger partial charge is 0.497 e. The maximum atomic E-state index is 5.45. The molecule has 12 rings (SSSR count). The number of fused-ring (bicyclic) bond motifs is 6. The average molecular weight is 787 g/mol. The van der Waals surface area contributed by atoms with Gasteiger partial charge in [0.15, 0.2) is 0 Å². The van der Waals surface area contributed by atoms with Gasteiger partial charge in [-0.25, -0.2) is 15.0 Å². The highest BCUT2D eigenvalue weighted by Gasteiger charge is 2.17. The molecule has 6 aromatic carbocycles. The first-order valence-corrected chi connectivity index (χ1v) is 20.5. The third kappa shape index (κ3) is 5.69. The van der Waals surface area contributed by atoms with E-state index in [0.29, 0.717) is 0 Å². The van der Waals surface area contributed by atoms with Gasteiger partial charge in [-0.05, 0) is 102 Å². The first-order valence-electron chi connectivity index (χ1n) is 20.5. The number of rotatable bonds is 6. The van der Waals surface area contributed by atoms with Gasteiger partial charge in [0.1, 0.15) is 5.75 Å². The summed E-state index contributed by atoms with van der Waals surface area (Å²) in [5.74, 6) is 0.824. The number of hydrogen-bond acceptors (Lipinski definition) is 4. The smallest absolute Gasteiger partial charge is 0.120 e. The van der Waals surface area contributed by atoms with Crippen LogP contribution >= 0.6 is 0 Å². The zero-order valence-corrected chi connectivity index (χ0v) is 33.8. The molecule has 290 valence electrons. The fourth-order valence-electron chi connectivity index (χ4n) is 9.20. The second-order valence-corrected chi connectivity index (χ2v) is 16.0. The third-order valence-electron chi connectivity index (χ3n) is 12.5. The molecular weight excluding hydrogens is 749 g/mol. The van der Waals surface area contributed by atoms with Crippen molar-refractivity contribution in [2.45, 2.75) is 13.8 Å². The van der Waals surface area contributed by atoms with Crippen LogP contribution in [0, 0.1) is 13.8 Å². The van der Waals surface area contributed by atoms with Gasteiger partial charge in [-0.15, -0.1) is 0 Å². The maximum Gasteiger partial charge on any atom is 0.120 e. The zero-order chi connectivity index (χ0) is 40.8. The molecule has 7 nitrogen and oxygen atoms in total. The summed E-state index contributed by atoms with van der Waals surface area (Å²) in [6.07, 6.45) is 6.19. The molecule has 6 heterocycles. The van der Waals surface area contributed by atoms with E-state index in [4.69, 9.17) is 19.7 Å². The van der Waals surface area contributed by atoms with Crippen molar-refractivity contribution >= 4 is 65.4 Å². The molecule has 0 aliphatic heterocycles. The molecule has 0 saturated heterocycles. The van der Waals surface area contributed by atoms with Crippen LogP contribution in [0.3, 0.4) is 0 Å². The molecule has 0 radical (unpaired) electrons. The van der Waals surface area contributed by atoms with Gasteiger partial charge in [-0.1, -0.05) is 78.9 Å². The van der Waals surface area contributed by atoms with Crippen LogP contribution in [0.15, 0.2) is 158 Å². The summed E-state index contributed by atoms with van der Waals surface area (Å²) in [5, 5.41) is 6.80. The second-order valence-electron chi connectivity index (χ2n) is 16.0. The van der Waals surface area contributed by atoms with Gasteiger partial charge < -0.3 is 19.7 Å². The first-order chi connectivity index (χ1) is 30.0. The fraction of sp³-hybridized carbons (Fsp3) is 0.0556. The van der Waals surface area contributed by atoms with Crippen LogP contribution in [-0.2, 0) is 0 Å². The number of para-hydroxylation sites is 1. The Morgan fingerprint density at radius 3 is 1.85 bits per heavy atom. The SMILES string of the molecule is COc1ccc2c(-c3cc(C)c4ccc(-c5ccc6c(-c7ccc8ccc(-c9ccc%10c(-c%11ccc%12ccccc%12n%11)c[nH]c%10c9)cc8n7)c[nH]c6c5C)cc4n3)c[nH]c2c1. The Hall–Kier alpha value is -8.03. The number of aryl methyl sites for hydroxylation is 2. The minimum atomic E-state index is 0.824. The summed E-state index contributed by atoms with van der Waals surface area (Å²) in [6.45, 7) is 4.35. The van der Waals surface area contributed by atoms with Crippen molar-refractivity contribution in [3.05, 3.63) is 169 Å². The summed E-state index contributed by atoms with van der Waals surface area (Å²) in [6, 6.07) is 49.3. The summed E-state index contributed by atoms with van der Waals surface area (Å²) in [7, 11) is 1.69. The predicted molar refractivity (Wildman–Crippen MR) is 251 cm³/mol. The van der Waals surface area contributed by atoms with Gasteiger partial charge in [0.25, 0.3) is 0 Å². The topological polar surface area (TPSA) is 95.3 Å². The van der Waals surface area contributed by atoms with Crippen LogP contribution in [-0.4, -0.2) is 37.0 Å². The number of nitrogens with zero attached hydrogens (tertiary/aromatic N) is 3. The van der Waals surface area contributed by atoms with Crippen LogP contribution in [0.25, 0.3) is 121 Å². The summed E-state index contributed by atoms with van der Waals surface area (Å²) < 4.78 is 5.45. The lowest BCUT2D eigenvalue weighted by molar-refractivity contribution is 0.415. The number of benzene rings is 6. The van der Waals surface area contributed by atoms with E-state index in [1.807, 2.05) is 30.5 Å². The van der Waals surface area contributed by atoms with Crippen LogP contribution in [0.2, 0.25) is 0 Å². The predicted octanol–water partition coefficient (Wildman–Crippen LogP) is 13.7. The fourth-order valence-corrected chi connectivity index (χ4v) is 9.20. The highest BCUT2D eigenvalue weighted by Crippen LogP contribution is 2.38. The molecule has 61 heavy (non-hydrogen) atoms. The Bertz CT molecular complexity index is 3740. The van der Waals surface area contributed by atoms with E-state index in [1.165, 1.54) is 16.7 Å². The quantitative estimate of drug-likeness (QED) is 0.156. The molecule has 0 saturated carbocycles. The Labute approximate surface area is 350 Å². The Kier molecular flexibility index (Phi) is 7.74. The molecule has 0 atom stereocenters. The third-order valence-corrected chi connectivity index (χ3v) is 12.5. The van der Waals surface area contributed by atoms with Gasteiger partial charge in [-0.2, -0.15) is 0 Å².